The van der Waals surface area contributed by atoms with Crippen molar-refractivity contribution in [1.29, 1.82) is 0 Å². The number of aliphatic hydroxyl groups is 1. The lowest BCUT2D eigenvalue weighted by Gasteiger charge is -2.36. The molecule has 380 valence electrons. The Bertz CT molecular complexity index is 3190. The number of aliphatic hydroxyl groups excluding tert-OH is 1. The summed E-state index contributed by atoms with van der Waals surface area (Å²) in [6, 6.07) is 43.1. The van der Waals surface area contributed by atoms with E-state index < -0.39 is 26.5 Å². The summed E-state index contributed by atoms with van der Waals surface area (Å²) in [5.74, 6) is 1.54. The summed E-state index contributed by atoms with van der Waals surface area (Å²) in [6.45, 7) is 21.0. The van der Waals surface area contributed by atoms with E-state index in [4.69, 9.17) is 14.2 Å². The number of allylic oxidation sites excluding steroid dienone is 4. The second-order valence-electron chi connectivity index (χ2n) is 20.9. The normalized spacial score (nSPS) is 16.7. The summed E-state index contributed by atoms with van der Waals surface area (Å²) in [7, 11) is -1.01. The van der Waals surface area contributed by atoms with Crippen molar-refractivity contribution in [3.8, 4) is 22.6 Å². The molecule has 73 heavy (non-hydrogen) atoms. The van der Waals surface area contributed by atoms with Gasteiger partial charge in [0.1, 0.15) is 17.1 Å². The Hall–Kier alpha value is -6.50. The number of anilines is 2. The monoisotopic (exact) mass is 1000 g/mol. The minimum atomic E-state index is -4.38. The molecule has 0 aromatic heterocycles. The fraction of sp³-hybridized carbons (Fsp3) is 0.339. The van der Waals surface area contributed by atoms with Crippen LogP contribution >= 0.6 is 0 Å². The van der Waals surface area contributed by atoms with E-state index in [0.717, 1.165) is 86.9 Å². The van der Waals surface area contributed by atoms with E-state index in [1.54, 1.807) is 20.3 Å². The van der Waals surface area contributed by atoms with Gasteiger partial charge >= 0.3 is 0 Å². The lowest BCUT2D eigenvalue weighted by molar-refractivity contribution is -0.439. The molecule has 2 N–H and O–H groups in total. The number of methoxy groups -OCH3 is 2. The summed E-state index contributed by atoms with van der Waals surface area (Å²) >= 11 is 0. The van der Waals surface area contributed by atoms with Gasteiger partial charge in [-0.15, -0.1) is 0 Å². The van der Waals surface area contributed by atoms with Crippen LogP contribution in [0.3, 0.4) is 0 Å². The number of rotatable bonds is 18. The number of benzene rings is 6. The van der Waals surface area contributed by atoms with E-state index in [9.17, 15) is 18.1 Å². The Balaban J connectivity index is 1.09. The van der Waals surface area contributed by atoms with E-state index in [-0.39, 0.29) is 16.9 Å². The standard InChI is InChI=1S/C62H69N3O7S/c1-11-63(12-2)45-26-33-55-53(38-45)60(5,6)57(64(55)34-17-37-72-62(42-18-14-13-15-19-42,43-22-27-46(70-9)28-23-43)44-24-29-47(71-10)30-25-44)20-16-21-58-61(7,8)54-40-50-49-32-31-48(73(67,68)69)39-51(49)59(3,4)52(50)41-56(54)65(58)35-36-66/h13-16,18-33,38-41,66H,11-12,17,34-37H2,1-10H3/p+1. The Morgan fingerprint density at radius 2 is 1.30 bits per heavy atom. The predicted octanol–water partition coefficient (Wildman–Crippen LogP) is 12.1. The summed E-state index contributed by atoms with van der Waals surface area (Å²) in [4.78, 5) is 4.52. The number of ether oxygens (including phenoxy) is 3. The molecule has 0 saturated heterocycles. The Morgan fingerprint density at radius 1 is 0.685 bits per heavy atom. The van der Waals surface area contributed by atoms with Gasteiger partial charge in [-0.2, -0.15) is 13.0 Å². The van der Waals surface area contributed by atoms with Gasteiger partial charge in [0.25, 0.3) is 10.1 Å². The molecule has 6 aromatic carbocycles. The van der Waals surface area contributed by atoms with Crippen LogP contribution < -0.4 is 19.3 Å². The van der Waals surface area contributed by atoms with Crippen LogP contribution in [0.25, 0.3) is 11.1 Å². The predicted molar refractivity (Wildman–Crippen MR) is 294 cm³/mol. The minimum absolute atomic E-state index is 0.0398. The molecule has 11 heteroatoms. The smallest absolute Gasteiger partial charge is 0.294 e. The van der Waals surface area contributed by atoms with Crippen LogP contribution in [0.1, 0.15) is 101 Å². The van der Waals surface area contributed by atoms with Gasteiger partial charge < -0.3 is 29.1 Å². The third-order valence-corrected chi connectivity index (χ3v) is 16.7. The van der Waals surface area contributed by atoms with Crippen molar-refractivity contribution in [1.82, 2.24) is 0 Å². The molecule has 2 heterocycles. The second-order valence-corrected chi connectivity index (χ2v) is 22.3. The second kappa shape index (κ2) is 19.7. The van der Waals surface area contributed by atoms with Crippen molar-refractivity contribution in [2.45, 2.75) is 88.6 Å². The van der Waals surface area contributed by atoms with Crippen molar-refractivity contribution in [3.05, 3.63) is 190 Å². The largest absolute Gasteiger partial charge is 0.497 e. The Labute approximate surface area is 432 Å². The molecule has 0 fully saturated rings. The van der Waals surface area contributed by atoms with Crippen molar-refractivity contribution >= 4 is 32.9 Å². The zero-order chi connectivity index (χ0) is 52.1. The molecular formula is C62H70N3O7S+. The van der Waals surface area contributed by atoms with Crippen LogP contribution in [0, 0.1) is 0 Å². The van der Waals surface area contributed by atoms with Crippen molar-refractivity contribution in [3.63, 3.8) is 0 Å². The van der Waals surface area contributed by atoms with Gasteiger partial charge in [0.15, 0.2) is 12.3 Å². The van der Waals surface area contributed by atoms with Gasteiger partial charge in [-0.05, 0) is 139 Å². The quantitative estimate of drug-likeness (QED) is 0.0376. The maximum absolute atomic E-state index is 12.2. The van der Waals surface area contributed by atoms with Crippen LogP contribution in [0.15, 0.2) is 156 Å². The molecule has 0 unspecified atom stereocenters. The van der Waals surface area contributed by atoms with Crippen molar-refractivity contribution in [2.75, 3.05) is 63.4 Å². The van der Waals surface area contributed by atoms with Crippen LogP contribution in [0.5, 0.6) is 11.5 Å². The van der Waals surface area contributed by atoms with Gasteiger partial charge in [0.05, 0.1) is 37.7 Å². The zero-order valence-corrected chi connectivity index (χ0v) is 44.8. The molecule has 2 aliphatic heterocycles. The van der Waals surface area contributed by atoms with Crippen LogP contribution in [-0.2, 0) is 36.7 Å². The third-order valence-electron chi connectivity index (χ3n) is 15.8. The molecule has 0 amide bonds. The van der Waals surface area contributed by atoms with Gasteiger partial charge in [0.2, 0.25) is 5.69 Å². The number of hydrogen-bond donors (Lipinski definition) is 2. The average molecular weight is 1000 g/mol. The van der Waals surface area contributed by atoms with E-state index in [1.165, 1.54) is 28.7 Å². The van der Waals surface area contributed by atoms with E-state index in [1.807, 2.05) is 36.4 Å². The number of nitrogens with zero attached hydrogens (tertiary/aromatic N) is 3. The molecule has 0 spiro atoms. The number of hydrogen-bond acceptors (Lipinski definition) is 8. The highest BCUT2D eigenvalue weighted by molar-refractivity contribution is 7.85. The number of β-amino-alcohol motifs (C(OH)–C–C–N with tert-alkyl or cyclic N) is 1. The van der Waals surface area contributed by atoms with Gasteiger partial charge in [-0.1, -0.05) is 94.4 Å². The van der Waals surface area contributed by atoms with Gasteiger partial charge in [0, 0.05) is 71.7 Å². The third kappa shape index (κ3) is 8.88. The topological polar surface area (TPSA) is 112 Å². The molecular weight excluding hydrogens is 931 g/mol. The molecule has 10 nitrogen and oxygen atoms in total. The van der Waals surface area contributed by atoms with E-state index in [0.29, 0.717) is 19.7 Å². The summed E-state index contributed by atoms with van der Waals surface area (Å²) < 4.78 is 55.4. The first-order valence-corrected chi connectivity index (χ1v) is 26.9. The lowest BCUT2D eigenvalue weighted by atomic mass is 9.79. The van der Waals surface area contributed by atoms with Gasteiger partial charge in [-0.25, -0.2) is 0 Å². The highest BCUT2D eigenvalue weighted by atomic mass is 32.2. The van der Waals surface area contributed by atoms with E-state index >= 15 is 0 Å². The molecule has 0 bridgehead atoms. The Morgan fingerprint density at radius 3 is 1.89 bits per heavy atom. The fourth-order valence-electron chi connectivity index (χ4n) is 11.8. The fourth-order valence-corrected chi connectivity index (χ4v) is 12.3. The summed E-state index contributed by atoms with van der Waals surface area (Å²) in [5.41, 5.74) is 12.8. The van der Waals surface area contributed by atoms with Crippen LogP contribution in [-0.4, -0.2) is 82.0 Å². The Kier molecular flexibility index (Phi) is 13.9. The first kappa shape index (κ1) is 51.4. The highest BCUT2D eigenvalue weighted by Crippen LogP contribution is 2.56. The average Bonchev–Trinajstić information content (AvgIpc) is 3.84. The first-order valence-electron chi connectivity index (χ1n) is 25.5. The molecule has 3 aliphatic rings. The van der Waals surface area contributed by atoms with Crippen molar-refractivity contribution < 1.29 is 36.9 Å². The molecule has 0 saturated carbocycles. The SMILES string of the molecule is CCN(CC)c1ccc2c(c1)C(C)(C)C(/C=C/C=C1/N(CCO)c3cc4c(cc3C1(C)C)-c1ccc(S(=O)(=O)O)cc1C4(C)C)=[N+]2CCCOC(c1ccccc1)(c1ccc(OC)cc1)c1ccc(OC)cc1. The lowest BCUT2D eigenvalue weighted by Crippen LogP contribution is -2.34. The van der Waals surface area contributed by atoms with Crippen molar-refractivity contribution in [2.24, 2.45) is 0 Å². The highest BCUT2D eigenvalue weighted by Gasteiger charge is 2.47. The molecule has 1 aliphatic carbocycles. The maximum Gasteiger partial charge on any atom is 0.294 e. The van der Waals surface area contributed by atoms with Crippen LogP contribution in [0.4, 0.5) is 17.1 Å². The minimum Gasteiger partial charge on any atom is -0.497 e. The van der Waals surface area contributed by atoms with Gasteiger partial charge in [-0.3, -0.25) is 4.55 Å². The summed E-state index contributed by atoms with van der Waals surface area (Å²) in [5, 5.41) is 10.6. The zero-order valence-electron chi connectivity index (χ0n) is 44.0. The summed E-state index contributed by atoms with van der Waals surface area (Å²) in [6.07, 6.45) is 7.39. The molecule has 6 aromatic rings. The molecule has 0 radical (unpaired) electrons. The number of fused-ring (bicyclic) bond motifs is 5. The molecule has 0 atom stereocenters. The first-order chi connectivity index (χ1) is 34.9. The van der Waals surface area contributed by atoms with Crippen LogP contribution in [0.2, 0.25) is 0 Å². The maximum atomic E-state index is 12.2. The van der Waals surface area contributed by atoms with E-state index in [2.05, 4.69) is 167 Å². The molecule has 9 rings (SSSR count).